The van der Waals surface area contributed by atoms with Gasteiger partial charge in [0, 0.05) is 23.1 Å². The molecular weight excluding hydrogens is 404 g/mol. The summed E-state index contributed by atoms with van der Waals surface area (Å²) in [4.78, 5) is 12.2. The lowest BCUT2D eigenvalue weighted by atomic mass is 10.2. The molecule has 27 heavy (non-hydrogen) atoms. The van der Waals surface area contributed by atoms with Crippen molar-refractivity contribution in [3.8, 4) is 0 Å². The van der Waals surface area contributed by atoms with E-state index >= 15 is 0 Å². The number of amides is 1. The lowest BCUT2D eigenvalue weighted by Gasteiger charge is -2.23. The van der Waals surface area contributed by atoms with Gasteiger partial charge in [0.1, 0.15) is 6.54 Å². The monoisotopic (exact) mass is 426 g/mol. The maximum Gasteiger partial charge on any atom is 0.240 e. The molecule has 0 fully saturated rings. The number of thioether (sulfide) groups is 1. The highest BCUT2D eigenvalue weighted by atomic mass is 35.5. The van der Waals surface area contributed by atoms with Crippen LogP contribution in [-0.4, -0.2) is 39.4 Å². The SMILES string of the molecule is Cc1ccccc1N(CC(=O)NCCSCc1ccccc1Cl)S(C)(=O)=O. The third-order valence-corrected chi connectivity index (χ3v) is 6.36. The molecule has 0 radical (unpaired) electrons. The Bertz CT molecular complexity index is 888. The molecule has 2 aromatic carbocycles. The summed E-state index contributed by atoms with van der Waals surface area (Å²) in [7, 11) is -3.56. The molecule has 2 rings (SSSR count). The van der Waals surface area contributed by atoms with Gasteiger partial charge < -0.3 is 5.32 Å². The number of benzene rings is 2. The van der Waals surface area contributed by atoms with E-state index < -0.39 is 10.0 Å². The first-order valence-corrected chi connectivity index (χ1v) is 11.8. The maximum atomic E-state index is 12.2. The second-order valence-corrected chi connectivity index (χ2v) is 9.47. The van der Waals surface area contributed by atoms with Gasteiger partial charge in [-0.05, 0) is 30.2 Å². The van der Waals surface area contributed by atoms with Crippen LogP contribution in [0.4, 0.5) is 5.69 Å². The number of carbonyl (C=O) groups excluding carboxylic acids is 1. The minimum atomic E-state index is -3.56. The van der Waals surface area contributed by atoms with Gasteiger partial charge in [0.2, 0.25) is 15.9 Å². The van der Waals surface area contributed by atoms with E-state index in [1.807, 2.05) is 43.3 Å². The van der Waals surface area contributed by atoms with Crippen LogP contribution in [0.15, 0.2) is 48.5 Å². The van der Waals surface area contributed by atoms with Crippen LogP contribution in [0.1, 0.15) is 11.1 Å². The molecule has 0 aliphatic carbocycles. The standard InChI is InChI=1S/C19H23ClN2O3S2/c1-15-7-3-6-10-18(15)22(27(2,24)25)13-19(23)21-11-12-26-14-16-8-4-5-9-17(16)20/h3-10H,11-14H2,1-2H3,(H,21,23). The van der Waals surface area contributed by atoms with Crippen molar-refractivity contribution in [1.29, 1.82) is 0 Å². The van der Waals surface area contributed by atoms with Gasteiger partial charge in [-0.2, -0.15) is 11.8 Å². The van der Waals surface area contributed by atoms with Crippen LogP contribution in [0.2, 0.25) is 5.02 Å². The molecule has 0 aliphatic heterocycles. The number of nitrogens with one attached hydrogen (secondary N) is 1. The molecule has 0 aliphatic rings. The molecule has 0 aromatic heterocycles. The Hall–Kier alpha value is -1.70. The van der Waals surface area contributed by atoms with E-state index in [9.17, 15) is 13.2 Å². The number of anilines is 1. The van der Waals surface area contributed by atoms with Gasteiger partial charge >= 0.3 is 0 Å². The zero-order chi connectivity index (χ0) is 19.9. The zero-order valence-electron chi connectivity index (χ0n) is 15.3. The van der Waals surface area contributed by atoms with Crippen molar-refractivity contribution in [2.24, 2.45) is 0 Å². The first-order chi connectivity index (χ1) is 12.8. The third-order valence-electron chi connectivity index (χ3n) is 3.86. The molecule has 0 saturated heterocycles. The number of hydrogen-bond donors (Lipinski definition) is 1. The van der Waals surface area contributed by atoms with E-state index in [0.717, 1.165) is 32.5 Å². The Morgan fingerprint density at radius 2 is 1.81 bits per heavy atom. The Kier molecular flexibility index (Phi) is 8.01. The first-order valence-electron chi connectivity index (χ1n) is 8.40. The summed E-state index contributed by atoms with van der Waals surface area (Å²) in [5.74, 6) is 1.14. The minimum absolute atomic E-state index is 0.237. The molecule has 1 N–H and O–H groups in total. The van der Waals surface area contributed by atoms with E-state index in [1.54, 1.807) is 23.9 Å². The van der Waals surface area contributed by atoms with Crippen LogP contribution in [0.5, 0.6) is 0 Å². The average molecular weight is 427 g/mol. The molecule has 0 saturated carbocycles. The highest BCUT2D eigenvalue weighted by Gasteiger charge is 2.21. The average Bonchev–Trinajstić information content (AvgIpc) is 2.61. The molecule has 0 bridgehead atoms. The molecular formula is C19H23ClN2O3S2. The van der Waals surface area contributed by atoms with Gasteiger partial charge in [0.15, 0.2) is 0 Å². The first kappa shape index (κ1) is 21.6. The van der Waals surface area contributed by atoms with Crippen molar-refractivity contribution >= 4 is 45.0 Å². The Labute approximate surface area is 170 Å². The van der Waals surface area contributed by atoms with E-state index in [4.69, 9.17) is 11.6 Å². The summed E-state index contributed by atoms with van der Waals surface area (Å²) in [6.07, 6.45) is 1.10. The molecule has 8 heteroatoms. The normalized spacial score (nSPS) is 11.2. The second-order valence-electron chi connectivity index (χ2n) is 6.05. The van der Waals surface area contributed by atoms with Crippen molar-refractivity contribution in [2.45, 2.75) is 12.7 Å². The highest BCUT2D eigenvalue weighted by molar-refractivity contribution is 7.98. The van der Waals surface area contributed by atoms with Crippen LogP contribution in [0, 0.1) is 6.92 Å². The van der Waals surface area contributed by atoms with E-state index in [-0.39, 0.29) is 12.5 Å². The highest BCUT2D eigenvalue weighted by Crippen LogP contribution is 2.22. The van der Waals surface area contributed by atoms with Gasteiger partial charge in [0.25, 0.3) is 0 Å². The molecule has 0 atom stereocenters. The largest absolute Gasteiger partial charge is 0.354 e. The number of halogens is 1. The van der Waals surface area contributed by atoms with Gasteiger partial charge in [-0.15, -0.1) is 0 Å². The van der Waals surface area contributed by atoms with Crippen molar-refractivity contribution in [2.75, 3.05) is 29.4 Å². The van der Waals surface area contributed by atoms with Gasteiger partial charge in [-0.1, -0.05) is 48.0 Å². The Balaban J connectivity index is 1.84. The second kappa shape index (κ2) is 10.0. The lowest BCUT2D eigenvalue weighted by Crippen LogP contribution is -2.41. The van der Waals surface area contributed by atoms with Crippen LogP contribution in [0.25, 0.3) is 0 Å². The Morgan fingerprint density at radius 1 is 1.15 bits per heavy atom. The summed E-state index contributed by atoms with van der Waals surface area (Å²) in [5, 5.41) is 3.51. The van der Waals surface area contributed by atoms with Crippen LogP contribution < -0.4 is 9.62 Å². The quantitative estimate of drug-likeness (QED) is 0.623. The molecule has 2 aromatic rings. The van der Waals surface area contributed by atoms with Crippen LogP contribution in [-0.2, 0) is 20.6 Å². The minimum Gasteiger partial charge on any atom is -0.354 e. The van der Waals surface area contributed by atoms with E-state index in [0.29, 0.717) is 18.0 Å². The summed E-state index contributed by atoms with van der Waals surface area (Å²) < 4.78 is 25.4. The smallest absolute Gasteiger partial charge is 0.240 e. The van der Waals surface area contributed by atoms with Crippen molar-refractivity contribution in [3.05, 3.63) is 64.7 Å². The number of rotatable bonds is 9. The van der Waals surface area contributed by atoms with E-state index in [1.165, 1.54) is 0 Å². The maximum absolute atomic E-state index is 12.2. The lowest BCUT2D eigenvalue weighted by molar-refractivity contribution is -0.119. The number of para-hydroxylation sites is 1. The summed E-state index contributed by atoms with van der Waals surface area (Å²) >= 11 is 7.77. The number of nitrogens with zero attached hydrogens (tertiary/aromatic N) is 1. The predicted octanol–water partition coefficient (Wildman–Crippen LogP) is 3.46. The molecule has 0 unspecified atom stereocenters. The summed E-state index contributed by atoms with van der Waals surface area (Å²) in [6, 6.07) is 14.7. The fourth-order valence-electron chi connectivity index (χ4n) is 2.47. The molecule has 146 valence electrons. The molecule has 5 nitrogen and oxygen atoms in total. The van der Waals surface area contributed by atoms with Crippen LogP contribution >= 0.6 is 23.4 Å². The fourth-order valence-corrected chi connectivity index (χ4v) is 4.53. The zero-order valence-corrected chi connectivity index (χ0v) is 17.7. The summed E-state index contributed by atoms with van der Waals surface area (Å²) in [6.45, 7) is 2.04. The van der Waals surface area contributed by atoms with Crippen molar-refractivity contribution < 1.29 is 13.2 Å². The number of sulfonamides is 1. The fraction of sp³-hybridized carbons (Fsp3) is 0.316. The number of aryl methyl sites for hydroxylation is 1. The number of hydrogen-bond acceptors (Lipinski definition) is 4. The molecule has 0 heterocycles. The molecule has 0 spiro atoms. The van der Waals surface area contributed by atoms with Gasteiger partial charge in [-0.3, -0.25) is 9.10 Å². The summed E-state index contributed by atoms with van der Waals surface area (Å²) in [5.41, 5.74) is 2.37. The number of carbonyl (C=O) groups is 1. The topological polar surface area (TPSA) is 66.5 Å². The van der Waals surface area contributed by atoms with Crippen molar-refractivity contribution in [1.82, 2.24) is 5.32 Å². The molecule has 1 amide bonds. The van der Waals surface area contributed by atoms with Gasteiger partial charge in [0.05, 0.1) is 11.9 Å². The Morgan fingerprint density at radius 3 is 2.48 bits per heavy atom. The van der Waals surface area contributed by atoms with Crippen LogP contribution in [0.3, 0.4) is 0 Å². The van der Waals surface area contributed by atoms with Crippen molar-refractivity contribution in [3.63, 3.8) is 0 Å². The van der Waals surface area contributed by atoms with Gasteiger partial charge in [-0.25, -0.2) is 8.42 Å². The third kappa shape index (κ3) is 6.75. The predicted molar refractivity (Wildman–Crippen MR) is 114 cm³/mol. The van der Waals surface area contributed by atoms with E-state index in [2.05, 4.69) is 5.32 Å².